The summed E-state index contributed by atoms with van der Waals surface area (Å²) in [7, 11) is 0. The van der Waals surface area contributed by atoms with Gasteiger partial charge in [-0.15, -0.1) is 0 Å². The number of hydrogen-bond donors (Lipinski definition) is 6. The molecule has 0 radical (unpaired) electrons. The Kier molecular flexibility index (Phi) is 12.2. The zero-order valence-corrected chi connectivity index (χ0v) is 29.1. The van der Waals surface area contributed by atoms with Crippen molar-refractivity contribution in [3.8, 4) is 0 Å². The van der Waals surface area contributed by atoms with Crippen LogP contribution in [0.1, 0.15) is 84.0 Å². The molecular formula is C39H54N4O7. The number of carbonyl (C=O) groups is 3. The first-order valence-corrected chi connectivity index (χ1v) is 18.6. The van der Waals surface area contributed by atoms with Crippen LogP contribution in [0.25, 0.3) is 0 Å². The van der Waals surface area contributed by atoms with E-state index in [4.69, 9.17) is 4.84 Å². The Morgan fingerprint density at radius 2 is 1.70 bits per heavy atom. The monoisotopic (exact) mass is 690 g/mol. The van der Waals surface area contributed by atoms with Crippen molar-refractivity contribution >= 4 is 17.8 Å². The van der Waals surface area contributed by atoms with Gasteiger partial charge in [0.2, 0.25) is 11.8 Å². The van der Waals surface area contributed by atoms with Gasteiger partial charge >= 0.3 is 5.97 Å². The molecule has 5 aliphatic carbocycles. The van der Waals surface area contributed by atoms with E-state index in [2.05, 4.69) is 65.6 Å². The SMILES string of the molecule is CC1C=CC(C2=CCC(C3NC(C4=CCC(CN(CC(=O)O)C(=O)C5CCC(NC(=O)CC6=CC(O)C(O)CC6)CC5)CC4)NO3)C=C2)=CC1. The molecule has 0 aromatic carbocycles. The summed E-state index contributed by atoms with van der Waals surface area (Å²) in [5.41, 5.74) is 7.82. The number of aliphatic carboxylic acids is 1. The Hall–Kier alpha value is -3.35. The molecule has 50 heavy (non-hydrogen) atoms. The lowest BCUT2D eigenvalue weighted by molar-refractivity contribution is -0.147. The van der Waals surface area contributed by atoms with Gasteiger partial charge in [0.1, 0.15) is 18.9 Å². The Morgan fingerprint density at radius 3 is 2.34 bits per heavy atom. The highest BCUT2D eigenvalue weighted by atomic mass is 16.7. The average Bonchev–Trinajstić information content (AvgIpc) is 3.61. The second kappa shape index (κ2) is 16.8. The summed E-state index contributed by atoms with van der Waals surface area (Å²) in [5.74, 6) is -0.481. The predicted octanol–water partition coefficient (Wildman–Crippen LogP) is 3.93. The molecular weight excluding hydrogens is 636 g/mol. The van der Waals surface area contributed by atoms with Gasteiger partial charge in [-0.3, -0.25) is 24.5 Å². The molecule has 7 atom stereocenters. The van der Waals surface area contributed by atoms with E-state index in [1.54, 1.807) is 6.08 Å². The smallest absolute Gasteiger partial charge is 0.323 e. The minimum Gasteiger partial charge on any atom is -0.480 e. The minimum atomic E-state index is -1.01. The first-order chi connectivity index (χ1) is 24.1. The molecule has 7 unspecified atom stereocenters. The second-order valence-corrected chi connectivity index (χ2v) is 15.2. The molecule has 0 aromatic heterocycles. The Morgan fingerprint density at radius 1 is 0.940 bits per heavy atom. The Labute approximate surface area is 295 Å². The van der Waals surface area contributed by atoms with Crippen molar-refractivity contribution in [3.05, 3.63) is 70.9 Å². The first-order valence-electron chi connectivity index (χ1n) is 18.6. The molecule has 2 amide bonds. The van der Waals surface area contributed by atoms with Gasteiger partial charge in [-0.25, -0.2) is 0 Å². The van der Waals surface area contributed by atoms with E-state index in [9.17, 15) is 29.7 Å². The van der Waals surface area contributed by atoms with Gasteiger partial charge in [0, 0.05) is 30.8 Å². The van der Waals surface area contributed by atoms with E-state index in [0.717, 1.165) is 37.7 Å². The molecule has 1 saturated heterocycles. The number of nitrogens with one attached hydrogen (secondary N) is 3. The zero-order chi connectivity index (χ0) is 35.2. The quantitative estimate of drug-likeness (QED) is 0.177. The molecule has 0 spiro atoms. The fourth-order valence-electron chi connectivity index (χ4n) is 8.14. The van der Waals surface area contributed by atoms with Crippen LogP contribution in [0, 0.1) is 23.7 Å². The fourth-order valence-corrected chi connectivity index (χ4v) is 8.14. The van der Waals surface area contributed by atoms with Gasteiger partial charge in [-0.05, 0) is 99.2 Å². The summed E-state index contributed by atoms with van der Waals surface area (Å²) in [6.45, 7) is 2.34. The van der Waals surface area contributed by atoms with Gasteiger partial charge < -0.3 is 25.5 Å². The van der Waals surface area contributed by atoms with Gasteiger partial charge in [0.15, 0.2) is 0 Å². The summed E-state index contributed by atoms with van der Waals surface area (Å²) in [5, 5.41) is 35.9. The molecule has 1 aliphatic heterocycles. The molecule has 2 fully saturated rings. The number of aliphatic hydroxyl groups excluding tert-OH is 2. The molecule has 11 nitrogen and oxygen atoms in total. The molecule has 272 valence electrons. The van der Waals surface area contributed by atoms with Gasteiger partial charge in [0.25, 0.3) is 0 Å². The summed E-state index contributed by atoms with van der Waals surface area (Å²) in [6, 6.07) is -0.0359. The zero-order valence-electron chi connectivity index (χ0n) is 29.1. The highest BCUT2D eigenvalue weighted by Gasteiger charge is 2.35. The maximum atomic E-state index is 13.6. The summed E-state index contributed by atoms with van der Waals surface area (Å²) in [4.78, 5) is 45.5. The number of aliphatic hydroxyl groups is 2. The average molecular weight is 691 g/mol. The third-order valence-electron chi connectivity index (χ3n) is 11.2. The largest absolute Gasteiger partial charge is 0.480 e. The van der Waals surface area contributed by atoms with Crippen LogP contribution in [0.4, 0.5) is 0 Å². The van der Waals surface area contributed by atoms with E-state index in [1.807, 2.05) is 0 Å². The number of nitrogens with zero attached hydrogens (tertiary/aromatic N) is 1. The van der Waals surface area contributed by atoms with Crippen LogP contribution < -0.4 is 16.1 Å². The standard InChI is InChI=1S/C39H54N4O7/c1-24-2-7-27(8-3-24)28-11-13-30(14-12-28)38-41-37(42-50-38)29-9-4-25(5-10-29)22-43(23-36(47)48)39(49)31-15-17-32(18-16-31)40-35(46)21-26-6-19-33(44)34(45)20-26/h2,7-9,11-13,20,24-25,30-34,37-38,41-42,44-45H,3-6,10,14-19,21-23H2,1H3,(H,40,46)(H,47,48). The lowest BCUT2D eigenvalue weighted by atomic mass is 9.84. The fraction of sp³-hybridized carbons (Fsp3) is 0.615. The van der Waals surface area contributed by atoms with Crippen molar-refractivity contribution in [1.29, 1.82) is 0 Å². The molecule has 11 heteroatoms. The highest BCUT2D eigenvalue weighted by Crippen LogP contribution is 2.33. The maximum absolute atomic E-state index is 13.6. The molecule has 6 rings (SSSR count). The number of hydroxylamine groups is 1. The Balaban J connectivity index is 0.938. The van der Waals surface area contributed by atoms with Crippen LogP contribution in [0.2, 0.25) is 0 Å². The molecule has 1 saturated carbocycles. The Bertz CT molecular complexity index is 1460. The minimum absolute atomic E-state index is 0.0359. The lowest BCUT2D eigenvalue weighted by Crippen LogP contribution is -2.45. The number of carboxylic acid groups (broad SMARTS) is 1. The lowest BCUT2D eigenvalue weighted by Gasteiger charge is -2.34. The van der Waals surface area contributed by atoms with Crippen LogP contribution in [0.15, 0.2) is 70.9 Å². The van der Waals surface area contributed by atoms with Crippen molar-refractivity contribution in [1.82, 2.24) is 21.0 Å². The van der Waals surface area contributed by atoms with E-state index in [1.165, 1.54) is 21.6 Å². The van der Waals surface area contributed by atoms with Gasteiger partial charge in [-0.1, -0.05) is 61.1 Å². The molecule has 0 bridgehead atoms. The van der Waals surface area contributed by atoms with Crippen LogP contribution in [0.5, 0.6) is 0 Å². The number of hydrogen-bond acceptors (Lipinski definition) is 8. The number of rotatable bonds is 11. The van der Waals surface area contributed by atoms with Gasteiger partial charge in [-0.2, -0.15) is 5.48 Å². The normalized spacial score (nSPS) is 34.3. The molecule has 6 N–H and O–H groups in total. The van der Waals surface area contributed by atoms with E-state index < -0.39 is 18.2 Å². The molecule has 1 heterocycles. The molecule has 0 aromatic rings. The van der Waals surface area contributed by atoms with E-state index in [-0.39, 0.29) is 61.0 Å². The van der Waals surface area contributed by atoms with Gasteiger partial charge in [0.05, 0.1) is 12.2 Å². The molecule has 6 aliphatic rings. The maximum Gasteiger partial charge on any atom is 0.323 e. The van der Waals surface area contributed by atoms with Crippen LogP contribution in [0.3, 0.4) is 0 Å². The third kappa shape index (κ3) is 9.50. The van der Waals surface area contributed by atoms with Crippen LogP contribution >= 0.6 is 0 Å². The number of carbonyl (C=O) groups excluding carboxylic acids is 2. The second-order valence-electron chi connectivity index (χ2n) is 15.2. The summed E-state index contributed by atoms with van der Waals surface area (Å²) in [6.07, 6.45) is 23.6. The number of allylic oxidation sites excluding steroid dienone is 8. The number of carboxylic acids is 1. The third-order valence-corrected chi connectivity index (χ3v) is 11.2. The highest BCUT2D eigenvalue weighted by molar-refractivity contribution is 5.83. The van der Waals surface area contributed by atoms with Crippen LogP contribution in [-0.4, -0.2) is 81.7 Å². The predicted molar refractivity (Wildman–Crippen MR) is 189 cm³/mol. The number of amides is 2. The van der Waals surface area contributed by atoms with E-state index in [0.29, 0.717) is 51.0 Å². The van der Waals surface area contributed by atoms with Crippen molar-refractivity contribution < 1.29 is 34.5 Å². The van der Waals surface area contributed by atoms with Crippen molar-refractivity contribution in [2.24, 2.45) is 23.7 Å². The van der Waals surface area contributed by atoms with Crippen molar-refractivity contribution in [2.75, 3.05) is 13.1 Å². The summed E-state index contributed by atoms with van der Waals surface area (Å²) >= 11 is 0. The first kappa shape index (κ1) is 36.4. The van der Waals surface area contributed by atoms with Crippen molar-refractivity contribution in [2.45, 2.75) is 115 Å². The van der Waals surface area contributed by atoms with Crippen LogP contribution in [-0.2, 0) is 19.2 Å². The van der Waals surface area contributed by atoms with Crippen molar-refractivity contribution in [3.63, 3.8) is 0 Å². The topological polar surface area (TPSA) is 160 Å². The summed E-state index contributed by atoms with van der Waals surface area (Å²) < 4.78 is 0. The van der Waals surface area contributed by atoms with E-state index >= 15 is 0 Å².